The van der Waals surface area contributed by atoms with Crippen LogP contribution in [0, 0.1) is 6.92 Å². The minimum Gasteiger partial charge on any atom is -0.379 e. The number of hydrogen-bond donors (Lipinski definition) is 2. The van der Waals surface area contributed by atoms with Gasteiger partial charge in [-0.1, -0.05) is 0 Å². The summed E-state index contributed by atoms with van der Waals surface area (Å²) in [7, 11) is 0.412. The number of ether oxygens (including phenoxy) is 1. The molecule has 0 unspecified atom stereocenters. The lowest BCUT2D eigenvalue weighted by Crippen LogP contribution is -2.29. The summed E-state index contributed by atoms with van der Waals surface area (Å²) in [5.74, 6) is 0. The van der Waals surface area contributed by atoms with Gasteiger partial charge < -0.3 is 15.4 Å². The Morgan fingerprint density at radius 2 is 2.10 bits per heavy atom. The molecule has 0 aliphatic heterocycles. The van der Waals surface area contributed by atoms with Crippen molar-refractivity contribution < 1.29 is 13.2 Å². The maximum atomic E-state index is 12.2. The first-order valence-electron chi connectivity index (χ1n) is 6.37. The first-order chi connectivity index (χ1) is 9.38. The third-order valence-electron chi connectivity index (χ3n) is 2.66. The van der Waals surface area contributed by atoms with Gasteiger partial charge in [0.1, 0.15) is 4.90 Å². The van der Waals surface area contributed by atoms with Crippen LogP contribution < -0.4 is 10.5 Å². The second-order valence-electron chi connectivity index (χ2n) is 4.69. The van der Waals surface area contributed by atoms with Gasteiger partial charge in [0.25, 0.3) is 0 Å². The molecule has 0 fully saturated rings. The van der Waals surface area contributed by atoms with Crippen molar-refractivity contribution in [2.45, 2.75) is 18.4 Å². The first kappa shape index (κ1) is 17.5. The summed E-state index contributed by atoms with van der Waals surface area (Å²) in [5, 5.41) is 1.81. The third-order valence-corrected chi connectivity index (χ3v) is 5.61. The third kappa shape index (κ3) is 5.12. The maximum Gasteiger partial charge on any atom is 0.242 e. The molecule has 1 aromatic heterocycles. The molecule has 0 bridgehead atoms. The predicted octanol–water partition coefficient (Wildman–Crippen LogP) is 0.372. The summed E-state index contributed by atoms with van der Waals surface area (Å²) < 4.78 is 32.3. The molecule has 116 valence electrons. The second-order valence-corrected chi connectivity index (χ2v) is 7.36. The minimum absolute atomic E-state index is 0.230. The van der Waals surface area contributed by atoms with E-state index in [4.69, 9.17) is 10.5 Å². The van der Waals surface area contributed by atoms with E-state index < -0.39 is 10.0 Å². The van der Waals surface area contributed by atoms with Gasteiger partial charge in [-0.05, 0) is 32.0 Å². The summed E-state index contributed by atoms with van der Waals surface area (Å²) in [6.07, 6.45) is 0. The molecule has 0 radical (unpaired) electrons. The van der Waals surface area contributed by atoms with E-state index >= 15 is 0 Å². The van der Waals surface area contributed by atoms with Crippen LogP contribution in [0.3, 0.4) is 0 Å². The van der Waals surface area contributed by atoms with E-state index in [1.807, 2.05) is 24.4 Å². The first-order valence-corrected chi connectivity index (χ1v) is 8.74. The van der Waals surface area contributed by atoms with Gasteiger partial charge in [-0.3, -0.25) is 0 Å². The number of hydrogen-bond acceptors (Lipinski definition) is 6. The fourth-order valence-corrected chi connectivity index (χ4v) is 4.37. The van der Waals surface area contributed by atoms with Gasteiger partial charge in [0, 0.05) is 24.5 Å². The highest BCUT2D eigenvalue weighted by Gasteiger charge is 2.21. The Kier molecular flexibility index (Phi) is 7.07. The fourth-order valence-electron chi connectivity index (χ4n) is 1.66. The van der Waals surface area contributed by atoms with Crippen molar-refractivity contribution in [1.82, 2.24) is 9.62 Å². The maximum absolute atomic E-state index is 12.2. The standard InChI is InChI=1S/C12H23N3O3S2/c1-10-9-19-11(8-13)12(10)20(16,17)14-4-6-18-7-5-15(2)3/h9,14H,4-8,13H2,1-3H3. The number of aryl methyl sites for hydroxylation is 1. The average molecular weight is 321 g/mol. The molecule has 0 amide bonds. The zero-order chi connectivity index (χ0) is 15.2. The molecule has 1 aromatic rings. The molecule has 0 spiro atoms. The van der Waals surface area contributed by atoms with Gasteiger partial charge in [-0.2, -0.15) is 0 Å². The number of sulfonamides is 1. The minimum atomic E-state index is -3.50. The lowest BCUT2D eigenvalue weighted by Gasteiger charge is -2.11. The highest BCUT2D eigenvalue weighted by molar-refractivity contribution is 7.89. The monoisotopic (exact) mass is 321 g/mol. The molecule has 6 nitrogen and oxygen atoms in total. The second kappa shape index (κ2) is 8.06. The van der Waals surface area contributed by atoms with Crippen LogP contribution in [-0.2, 0) is 21.3 Å². The highest BCUT2D eigenvalue weighted by atomic mass is 32.2. The van der Waals surface area contributed by atoms with Gasteiger partial charge in [0.2, 0.25) is 10.0 Å². The van der Waals surface area contributed by atoms with Crippen molar-refractivity contribution in [3.63, 3.8) is 0 Å². The Bertz CT molecular complexity index is 512. The van der Waals surface area contributed by atoms with Crippen LogP contribution in [0.5, 0.6) is 0 Å². The van der Waals surface area contributed by atoms with Gasteiger partial charge in [-0.25, -0.2) is 13.1 Å². The van der Waals surface area contributed by atoms with Crippen molar-refractivity contribution in [3.8, 4) is 0 Å². The zero-order valence-electron chi connectivity index (χ0n) is 12.2. The van der Waals surface area contributed by atoms with E-state index in [0.29, 0.717) is 23.0 Å². The normalized spacial score (nSPS) is 12.2. The Morgan fingerprint density at radius 1 is 1.40 bits per heavy atom. The van der Waals surface area contributed by atoms with E-state index in [1.54, 1.807) is 6.92 Å². The van der Waals surface area contributed by atoms with E-state index in [0.717, 1.165) is 12.1 Å². The lowest BCUT2D eigenvalue weighted by molar-refractivity contribution is 0.122. The number of nitrogens with two attached hydrogens (primary N) is 1. The van der Waals surface area contributed by atoms with Crippen molar-refractivity contribution in [2.75, 3.05) is 40.4 Å². The van der Waals surface area contributed by atoms with E-state index in [-0.39, 0.29) is 13.1 Å². The van der Waals surface area contributed by atoms with Gasteiger partial charge in [-0.15, -0.1) is 11.3 Å². The van der Waals surface area contributed by atoms with Crippen LogP contribution in [0.15, 0.2) is 10.3 Å². The van der Waals surface area contributed by atoms with Crippen LogP contribution in [0.1, 0.15) is 10.4 Å². The number of likely N-dealkylation sites (N-methyl/N-ethyl adjacent to an activating group) is 1. The van der Waals surface area contributed by atoms with E-state index in [2.05, 4.69) is 4.72 Å². The molecule has 20 heavy (non-hydrogen) atoms. The van der Waals surface area contributed by atoms with Gasteiger partial charge in [0.15, 0.2) is 0 Å². The topological polar surface area (TPSA) is 84.7 Å². The molecule has 0 saturated heterocycles. The van der Waals surface area contributed by atoms with Crippen molar-refractivity contribution >= 4 is 21.4 Å². The summed E-state index contributed by atoms with van der Waals surface area (Å²) in [5.41, 5.74) is 6.31. The highest BCUT2D eigenvalue weighted by Crippen LogP contribution is 2.26. The van der Waals surface area contributed by atoms with Crippen LogP contribution in [-0.4, -0.2) is 53.7 Å². The molecule has 0 atom stereocenters. The quantitative estimate of drug-likeness (QED) is 0.642. The molecule has 0 aliphatic carbocycles. The van der Waals surface area contributed by atoms with Crippen molar-refractivity contribution in [2.24, 2.45) is 5.73 Å². The number of thiophene rings is 1. The number of nitrogens with zero attached hydrogens (tertiary/aromatic N) is 1. The molecule has 0 aliphatic rings. The summed E-state index contributed by atoms with van der Waals surface area (Å²) in [6.45, 7) is 4.02. The van der Waals surface area contributed by atoms with Gasteiger partial charge in [0.05, 0.1) is 13.2 Å². The molecule has 3 N–H and O–H groups in total. The zero-order valence-corrected chi connectivity index (χ0v) is 13.8. The summed E-state index contributed by atoms with van der Waals surface area (Å²) in [6, 6.07) is 0. The lowest BCUT2D eigenvalue weighted by atomic mass is 10.3. The van der Waals surface area contributed by atoms with Crippen LogP contribution >= 0.6 is 11.3 Å². The average Bonchev–Trinajstić information content (AvgIpc) is 2.75. The van der Waals surface area contributed by atoms with Crippen LogP contribution in [0.25, 0.3) is 0 Å². The van der Waals surface area contributed by atoms with E-state index in [1.165, 1.54) is 11.3 Å². The van der Waals surface area contributed by atoms with Gasteiger partial charge >= 0.3 is 0 Å². The number of nitrogens with one attached hydrogen (secondary N) is 1. The summed E-state index contributed by atoms with van der Waals surface area (Å²) in [4.78, 5) is 3.01. The Hall–Kier alpha value is -0.510. The van der Waals surface area contributed by atoms with Crippen LogP contribution in [0.2, 0.25) is 0 Å². The number of rotatable bonds is 9. The SMILES string of the molecule is Cc1csc(CN)c1S(=O)(=O)NCCOCCN(C)C. The molecule has 1 rings (SSSR count). The van der Waals surface area contributed by atoms with Crippen LogP contribution in [0.4, 0.5) is 0 Å². The summed E-state index contributed by atoms with van der Waals surface area (Å²) >= 11 is 1.37. The molecular formula is C12H23N3O3S2. The molecule has 8 heteroatoms. The molecule has 0 aromatic carbocycles. The largest absolute Gasteiger partial charge is 0.379 e. The Labute approximate surface area is 125 Å². The predicted molar refractivity (Wildman–Crippen MR) is 81.5 cm³/mol. The van der Waals surface area contributed by atoms with Crippen molar-refractivity contribution in [1.29, 1.82) is 0 Å². The Balaban J connectivity index is 2.48. The molecule has 1 heterocycles. The molecule has 0 saturated carbocycles. The fraction of sp³-hybridized carbons (Fsp3) is 0.667. The Morgan fingerprint density at radius 3 is 2.70 bits per heavy atom. The smallest absolute Gasteiger partial charge is 0.242 e. The molecular weight excluding hydrogens is 298 g/mol. The van der Waals surface area contributed by atoms with E-state index in [9.17, 15) is 8.42 Å². The van der Waals surface area contributed by atoms with Crippen molar-refractivity contribution in [3.05, 3.63) is 15.8 Å².